The first-order valence-electron chi connectivity index (χ1n) is 5.36. The molecule has 5 nitrogen and oxygen atoms in total. The first-order chi connectivity index (χ1) is 8.40. The second-order valence-electron chi connectivity index (χ2n) is 4.22. The molecule has 1 atom stereocenters. The minimum absolute atomic E-state index is 0.0213. The molecule has 0 bridgehead atoms. The number of carboxylic acids is 2. The van der Waals surface area contributed by atoms with Gasteiger partial charge in [0.15, 0.2) is 0 Å². The highest BCUT2D eigenvalue weighted by Crippen LogP contribution is 2.30. The first kappa shape index (κ1) is 13.7. The topological polar surface area (TPSA) is 98.4 Å². The largest absolute Gasteiger partial charge is 0.481 e. The fourth-order valence-electron chi connectivity index (χ4n) is 1.66. The van der Waals surface area contributed by atoms with E-state index in [1.165, 1.54) is 13.0 Å². The third-order valence-electron chi connectivity index (χ3n) is 2.94. The molecule has 0 radical (unpaired) electrons. The zero-order valence-electron chi connectivity index (χ0n) is 9.88. The molecule has 1 aromatic carbocycles. The highest BCUT2D eigenvalue weighted by molar-refractivity contribution is 5.82. The Morgan fingerprint density at radius 3 is 2.56 bits per heavy atom. The Balaban J connectivity index is 3.14. The number of aliphatic carboxylic acids is 2. The van der Waals surface area contributed by atoms with Gasteiger partial charge in [-0.2, -0.15) is 5.26 Å². The van der Waals surface area contributed by atoms with Crippen molar-refractivity contribution in [3.63, 3.8) is 0 Å². The fraction of sp³-hybridized carbons (Fsp3) is 0.308. The summed E-state index contributed by atoms with van der Waals surface area (Å²) in [5.41, 5.74) is -0.503. The predicted octanol–water partition coefficient (Wildman–Crippen LogP) is 1.77. The van der Waals surface area contributed by atoms with Crippen molar-refractivity contribution in [3.05, 3.63) is 35.4 Å². The predicted molar refractivity (Wildman–Crippen MR) is 63.0 cm³/mol. The molecule has 94 valence electrons. The number of nitrogens with zero attached hydrogens (tertiary/aromatic N) is 1. The lowest BCUT2D eigenvalue weighted by molar-refractivity contribution is -0.144. The third-order valence-corrected chi connectivity index (χ3v) is 2.94. The molecule has 1 rings (SSSR count). The monoisotopic (exact) mass is 247 g/mol. The van der Waals surface area contributed by atoms with Crippen molar-refractivity contribution in [2.75, 3.05) is 0 Å². The smallest absolute Gasteiger partial charge is 0.313 e. The lowest BCUT2D eigenvalue weighted by Gasteiger charge is -2.24. The second-order valence-corrected chi connectivity index (χ2v) is 4.22. The summed E-state index contributed by atoms with van der Waals surface area (Å²) in [5.74, 6) is -2.14. The molecule has 0 saturated heterocycles. The van der Waals surface area contributed by atoms with Crippen LogP contribution in [0, 0.1) is 11.3 Å². The van der Waals surface area contributed by atoms with Gasteiger partial charge < -0.3 is 10.2 Å². The number of nitriles is 1. The number of hydrogen-bond donors (Lipinski definition) is 2. The van der Waals surface area contributed by atoms with E-state index in [0.717, 1.165) is 0 Å². The Bertz CT molecular complexity index is 518. The van der Waals surface area contributed by atoms with E-state index < -0.39 is 17.4 Å². The average molecular weight is 247 g/mol. The Hall–Kier alpha value is -2.35. The van der Waals surface area contributed by atoms with Crippen molar-refractivity contribution in [2.24, 2.45) is 0 Å². The molecule has 0 aliphatic rings. The molecule has 18 heavy (non-hydrogen) atoms. The van der Waals surface area contributed by atoms with Gasteiger partial charge in [0.25, 0.3) is 0 Å². The average Bonchev–Trinajstić information content (AvgIpc) is 2.35. The quantitative estimate of drug-likeness (QED) is 0.826. The zero-order valence-corrected chi connectivity index (χ0v) is 9.88. The summed E-state index contributed by atoms with van der Waals surface area (Å²) >= 11 is 0. The summed E-state index contributed by atoms with van der Waals surface area (Å²) in [4.78, 5) is 21.9. The van der Waals surface area contributed by atoms with Crippen molar-refractivity contribution in [1.82, 2.24) is 0 Å². The molecule has 2 N–H and O–H groups in total. The fourth-order valence-corrected chi connectivity index (χ4v) is 1.66. The van der Waals surface area contributed by atoms with Crippen LogP contribution in [0.5, 0.6) is 0 Å². The van der Waals surface area contributed by atoms with Crippen LogP contribution in [-0.4, -0.2) is 22.2 Å². The van der Waals surface area contributed by atoms with Gasteiger partial charge in [0.1, 0.15) is 0 Å². The van der Waals surface area contributed by atoms with Crippen LogP contribution in [0.2, 0.25) is 0 Å². The van der Waals surface area contributed by atoms with Crippen LogP contribution in [0.3, 0.4) is 0 Å². The maximum atomic E-state index is 11.4. The van der Waals surface area contributed by atoms with Gasteiger partial charge in [-0.05, 0) is 31.0 Å². The Morgan fingerprint density at radius 2 is 2.06 bits per heavy atom. The van der Waals surface area contributed by atoms with Gasteiger partial charge in [0.2, 0.25) is 0 Å². The number of hydrogen-bond acceptors (Lipinski definition) is 3. The van der Waals surface area contributed by atoms with Gasteiger partial charge in [-0.3, -0.25) is 9.59 Å². The van der Waals surface area contributed by atoms with E-state index in [1.807, 2.05) is 6.07 Å². The van der Waals surface area contributed by atoms with Crippen molar-refractivity contribution >= 4 is 11.9 Å². The highest BCUT2D eigenvalue weighted by atomic mass is 16.4. The molecule has 0 fully saturated rings. The molecule has 0 heterocycles. The highest BCUT2D eigenvalue weighted by Gasteiger charge is 2.35. The van der Waals surface area contributed by atoms with Crippen LogP contribution in [0.15, 0.2) is 24.3 Å². The van der Waals surface area contributed by atoms with Crippen LogP contribution in [-0.2, 0) is 15.0 Å². The van der Waals surface area contributed by atoms with Gasteiger partial charge >= 0.3 is 11.9 Å². The van der Waals surface area contributed by atoms with Gasteiger partial charge in [0, 0.05) is 6.42 Å². The number of rotatable bonds is 5. The van der Waals surface area contributed by atoms with E-state index in [0.29, 0.717) is 11.1 Å². The zero-order chi connectivity index (χ0) is 13.8. The van der Waals surface area contributed by atoms with Crippen LogP contribution in [0.1, 0.15) is 30.9 Å². The summed E-state index contributed by atoms with van der Waals surface area (Å²) in [6.45, 7) is 1.47. The Kier molecular flexibility index (Phi) is 4.05. The molecule has 0 spiro atoms. The maximum absolute atomic E-state index is 11.4. The van der Waals surface area contributed by atoms with E-state index in [2.05, 4.69) is 0 Å². The minimum atomic E-state index is -1.30. The molecular weight excluding hydrogens is 234 g/mol. The van der Waals surface area contributed by atoms with E-state index >= 15 is 0 Å². The molecule has 0 aromatic heterocycles. The summed E-state index contributed by atoms with van der Waals surface area (Å²) < 4.78 is 0. The van der Waals surface area contributed by atoms with Crippen LogP contribution < -0.4 is 0 Å². The first-order valence-corrected chi connectivity index (χ1v) is 5.36. The number of benzene rings is 1. The lowest BCUT2D eigenvalue weighted by Crippen LogP contribution is -2.33. The lowest BCUT2D eigenvalue weighted by atomic mass is 9.78. The molecule has 0 saturated carbocycles. The second kappa shape index (κ2) is 5.32. The van der Waals surface area contributed by atoms with Gasteiger partial charge in [-0.25, -0.2) is 0 Å². The standard InChI is InChI=1S/C13H13NO4/c1-13(12(17)18,6-5-11(15)16)10-4-2-3-9(7-10)8-14/h2-4,7H,5-6H2,1H3,(H,15,16)(H,17,18). The molecule has 1 aromatic rings. The molecular formula is C13H13NO4. The SMILES string of the molecule is CC(CCC(=O)O)(C(=O)O)c1cccc(C#N)c1. The van der Waals surface area contributed by atoms with E-state index in [1.54, 1.807) is 18.2 Å². The van der Waals surface area contributed by atoms with Crippen molar-refractivity contribution < 1.29 is 19.8 Å². The van der Waals surface area contributed by atoms with Gasteiger partial charge in [0.05, 0.1) is 17.0 Å². The molecule has 0 aliphatic heterocycles. The number of carbonyl (C=O) groups is 2. The molecule has 5 heteroatoms. The summed E-state index contributed by atoms with van der Waals surface area (Å²) in [6, 6.07) is 8.18. The summed E-state index contributed by atoms with van der Waals surface area (Å²) in [6.07, 6.45) is -0.258. The molecule has 1 unspecified atom stereocenters. The van der Waals surface area contributed by atoms with Gasteiger partial charge in [-0.15, -0.1) is 0 Å². The molecule has 0 amide bonds. The van der Waals surface area contributed by atoms with Crippen LogP contribution in [0.4, 0.5) is 0 Å². The normalized spacial score (nSPS) is 13.3. The van der Waals surface area contributed by atoms with E-state index in [4.69, 9.17) is 10.4 Å². The molecule has 0 aliphatic carbocycles. The Labute approximate surface area is 104 Å². The third kappa shape index (κ3) is 2.86. The minimum Gasteiger partial charge on any atom is -0.481 e. The van der Waals surface area contributed by atoms with Crippen molar-refractivity contribution in [3.8, 4) is 6.07 Å². The van der Waals surface area contributed by atoms with E-state index in [9.17, 15) is 14.7 Å². The van der Waals surface area contributed by atoms with Crippen molar-refractivity contribution in [1.29, 1.82) is 5.26 Å². The van der Waals surface area contributed by atoms with Crippen LogP contribution >= 0.6 is 0 Å². The van der Waals surface area contributed by atoms with Gasteiger partial charge in [-0.1, -0.05) is 12.1 Å². The van der Waals surface area contributed by atoms with E-state index in [-0.39, 0.29) is 12.8 Å². The summed E-state index contributed by atoms with van der Waals surface area (Å²) in [5, 5.41) is 26.7. The van der Waals surface area contributed by atoms with Crippen molar-refractivity contribution in [2.45, 2.75) is 25.2 Å². The number of carboxylic acid groups (broad SMARTS) is 2. The maximum Gasteiger partial charge on any atom is 0.313 e. The summed E-state index contributed by atoms with van der Waals surface area (Å²) in [7, 11) is 0. The Morgan fingerprint density at radius 1 is 1.39 bits per heavy atom. The van der Waals surface area contributed by atoms with Crippen LogP contribution in [0.25, 0.3) is 0 Å².